The molecule has 1 saturated heterocycles. The monoisotopic (exact) mass is 355 g/mol. The molecule has 0 saturated carbocycles. The number of carboxylic acids is 1. The Kier molecular flexibility index (Phi) is 5.52. The summed E-state index contributed by atoms with van der Waals surface area (Å²) in [6.07, 6.45) is 3.48. The van der Waals surface area contributed by atoms with Crippen LogP contribution in [0.15, 0.2) is 36.5 Å². The van der Waals surface area contributed by atoms with Gasteiger partial charge in [-0.1, -0.05) is 19.1 Å². The minimum absolute atomic E-state index is 0.446. The number of hydrogen-bond acceptors (Lipinski definition) is 5. The van der Waals surface area contributed by atoms with E-state index < -0.39 is 11.6 Å². The van der Waals surface area contributed by atoms with Gasteiger partial charge in [0.2, 0.25) is 5.60 Å². The SMILES string of the molecule is CCc1nccc(CN2CCC(Oc3cccc(C)c3)(C(=O)O)CC2)n1. The number of carbonyl (C=O) groups is 1. The van der Waals surface area contributed by atoms with Gasteiger partial charge in [0.15, 0.2) is 0 Å². The van der Waals surface area contributed by atoms with E-state index in [1.54, 1.807) is 6.20 Å². The summed E-state index contributed by atoms with van der Waals surface area (Å²) in [4.78, 5) is 22.9. The van der Waals surface area contributed by atoms with Crippen molar-refractivity contribution in [2.75, 3.05) is 13.1 Å². The molecule has 0 unspecified atom stereocenters. The highest BCUT2D eigenvalue weighted by Crippen LogP contribution is 2.30. The van der Waals surface area contributed by atoms with Crippen LogP contribution in [0.25, 0.3) is 0 Å². The van der Waals surface area contributed by atoms with Crippen molar-refractivity contribution in [2.45, 2.75) is 45.3 Å². The van der Waals surface area contributed by atoms with Crippen molar-refractivity contribution < 1.29 is 14.6 Å². The molecule has 0 atom stereocenters. The molecular weight excluding hydrogens is 330 g/mol. The Morgan fingerprint density at radius 3 is 2.73 bits per heavy atom. The molecule has 1 aliphatic rings. The van der Waals surface area contributed by atoms with Gasteiger partial charge >= 0.3 is 5.97 Å². The molecule has 1 aliphatic heterocycles. The van der Waals surface area contributed by atoms with Crippen molar-refractivity contribution in [3.63, 3.8) is 0 Å². The maximum atomic E-state index is 11.9. The Bertz CT molecular complexity index is 770. The molecule has 2 aromatic rings. The number of carboxylic acid groups (broad SMARTS) is 1. The van der Waals surface area contributed by atoms with Crippen LogP contribution < -0.4 is 4.74 Å². The van der Waals surface area contributed by atoms with Crippen LogP contribution in [0, 0.1) is 6.92 Å². The fourth-order valence-electron chi connectivity index (χ4n) is 3.27. The van der Waals surface area contributed by atoms with Crippen LogP contribution in [-0.2, 0) is 17.8 Å². The van der Waals surface area contributed by atoms with Gasteiger partial charge < -0.3 is 9.84 Å². The highest BCUT2D eigenvalue weighted by atomic mass is 16.5. The average molecular weight is 355 g/mol. The first-order chi connectivity index (χ1) is 12.5. The first kappa shape index (κ1) is 18.3. The fourth-order valence-corrected chi connectivity index (χ4v) is 3.27. The van der Waals surface area contributed by atoms with E-state index in [9.17, 15) is 9.90 Å². The van der Waals surface area contributed by atoms with Crippen LogP contribution in [0.2, 0.25) is 0 Å². The van der Waals surface area contributed by atoms with Gasteiger partial charge in [0, 0.05) is 45.1 Å². The number of rotatable bonds is 6. The zero-order valence-electron chi connectivity index (χ0n) is 15.3. The maximum Gasteiger partial charge on any atom is 0.348 e. The van der Waals surface area contributed by atoms with Crippen molar-refractivity contribution >= 4 is 5.97 Å². The van der Waals surface area contributed by atoms with E-state index in [2.05, 4.69) is 14.9 Å². The lowest BCUT2D eigenvalue weighted by molar-refractivity contribution is -0.159. The summed E-state index contributed by atoms with van der Waals surface area (Å²) in [6.45, 7) is 6.02. The molecule has 6 heteroatoms. The average Bonchev–Trinajstić information content (AvgIpc) is 2.63. The van der Waals surface area contributed by atoms with Crippen molar-refractivity contribution in [1.82, 2.24) is 14.9 Å². The molecule has 0 spiro atoms. The number of nitrogens with zero attached hydrogens (tertiary/aromatic N) is 3. The molecule has 3 rings (SSSR count). The second-order valence-corrected chi connectivity index (χ2v) is 6.81. The molecule has 1 fully saturated rings. The third kappa shape index (κ3) is 4.19. The summed E-state index contributed by atoms with van der Waals surface area (Å²) in [5.41, 5.74) is 0.861. The molecular formula is C20H25N3O3. The van der Waals surface area contributed by atoms with Gasteiger partial charge in [0.05, 0.1) is 5.69 Å². The summed E-state index contributed by atoms with van der Waals surface area (Å²) in [5.74, 6) is 0.556. The van der Waals surface area contributed by atoms with Gasteiger partial charge in [-0.3, -0.25) is 4.90 Å². The largest absolute Gasteiger partial charge is 0.478 e. The molecule has 2 heterocycles. The molecule has 0 amide bonds. The number of likely N-dealkylation sites (tertiary alicyclic amines) is 1. The maximum absolute atomic E-state index is 11.9. The van der Waals surface area contributed by atoms with Gasteiger partial charge in [-0.05, 0) is 30.7 Å². The molecule has 6 nitrogen and oxygen atoms in total. The molecule has 1 N–H and O–H groups in total. The number of aliphatic carboxylic acids is 1. The summed E-state index contributed by atoms with van der Waals surface area (Å²) >= 11 is 0. The molecule has 0 radical (unpaired) electrons. The lowest BCUT2D eigenvalue weighted by atomic mass is 9.91. The Labute approximate surface area is 153 Å². The van der Waals surface area contributed by atoms with Crippen molar-refractivity contribution in [3.05, 3.63) is 53.6 Å². The van der Waals surface area contributed by atoms with Crippen LogP contribution in [0.3, 0.4) is 0 Å². The number of aryl methyl sites for hydroxylation is 2. The quantitative estimate of drug-likeness (QED) is 0.859. The Balaban J connectivity index is 1.66. The second kappa shape index (κ2) is 7.83. The number of piperidine rings is 1. The molecule has 0 aliphatic carbocycles. The number of ether oxygens (including phenoxy) is 1. The summed E-state index contributed by atoms with van der Waals surface area (Å²) < 4.78 is 5.97. The zero-order valence-corrected chi connectivity index (χ0v) is 15.3. The molecule has 1 aromatic carbocycles. The predicted octanol–water partition coefficient (Wildman–Crippen LogP) is 2.85. The summed E-state index contributed by atoms with van der Waals surface area (Å²) in [5, 5.41) is 9.80. The van der Waals surface area contributed by atoms with Crippen molar-refractivity contribution in [3.8, 4) is 5.75 Å². The molecule has 0 bridgehead atoms. The fraction of sp³-hybridized carbons (Fsp3) is 0.450. The van der Waals surface area contributed by atoms with E-state index in [1.165, 1.54) is 0 Å². The van der Waals surface area contributed by atoms with Crippen molar-refractivity contribution in [2.24, 2.45) is 0 Å². The van der Waals surface area contributed by atoms with Crippen molar-refractivity contribution in [1.29, 1.82) is 0 Å². The summed E-state index contributed by atoms with van der Waals surface area (Å²) in [6, 6.07) is 9.47. The second-order valence-electron chi connectivity index (χ2n) is 6.81. The Morgan fingerprint density at radius 1 is 1.31 bits per heavy atom. The minimum Gasteiger partial charge on any atom is -0.478 e. The van der Waals surface area contributed by atoms with Crippen LogP contribution in [-0.4, -0.2) is 44.6 Å². The van der Waals surface area contributed by atoms with Crippen LogP contribution in [0.1, 0.15) is 36.8 Å². The Hall–Kier alpha value is -2.47. The van der Waals surface area contributed by atoms with E-state index in [4.69, 9.17) is 4.74 Å². The first-order valence-corrected chi connectivity index (χ1v) is 9.03. The van der Waals surface area contributed by atoms with Crippen LogP contribution >= 0.6 is 0 Å². The summed E-state index contributed by atoms with van der Waals surface area (Å²) in [7, 11) is 0. The van der Waals surface area contributed by atoms with Crippen LogP contribution in [0.5, 0.6) is 5.75 Å². The third-order valence-electron chi connectivity index (χ3n) is 4.82. The minimum atomic E-state index is -1.16. The van der Waals surface area contributed by atoms with E-state index in [1.807, 2.05) is 44.2 Å². The standard InChI is InChI=1S/C20H25N3O3/c1-3-18-21-10-7-16(22-18)14-23-11-8-20(9-12-23,19(24)25)26-17-6-4-5-15(2)13-17/h4-7,10,13H,3,8-9,11-12,14H2,1-2H3,(H,24,25). The van der Waals surface area contributed by atoms with Gasteiger partial charge in [-0.15, -0.1) is 0 Å². The molecule has 26 heavy (non-hydrogen) atoms. The lowest BCUT2D eigenvalue weighted by Crippen LogP contribution is -2.53. The smallest absolute Gasteiger partial charge is 0.348 e. The highest BCUT2D eigenvalue weighted by molar-refractivity contribution is 5.78. The van der Waals surface area contributed by atoms with E-state index in [0.29, 0.717) is 38.2 Å². The van der Waals surface area contributed by atoms with Gasteiger partial charge in [0.1, 0.15) is 11.6 Å². The third-order valence-corrected chi connectivity index (χ3v) is 4.82. The Morgan fingerprint density at radius 2 is 2.08 bits per heavy atom. The van der Waals surface area contributed by atoms with E-state index in [0.717, 1.165) is 23.5 Å². The van der Waals surface area contributed by atoms with E-state index in [-0.39, 0.29) is 0 Å². The van der Waals surface area contributed by atoms with Gasteiger partial charge in [-0.25, -0.2) is 14.8 Å². The predicted molar refractivity (Wildman–Crippen MR) is 98.1 cm³/mol. The first-order valence-electron chi connectivity index (χ1n) is 9.03. The highest BCUT2D eigenvalue weighted by Gasteiger charge is 2.44. The van der Waals surface area contributed by atoms with Gasteiger partial charge in [-0.2, -0.15) is 0 Å². The molecule has 138 valence electrons. The topological polar surface area (TPSA) is 75.6 Å². The normalized spacial score (nSPS) is 17.0. The van der Waals surface area contributed by atoms with Gasteiger partial charge in [0.25, 0.3) is 0 Å². The van der Waals surface area contributed by atoms with Crippen LogP contribution in [0.4, 0.5) is 0 Å². The van der Waals surface area contributed by atoms with E-state index >= 15 is 0 Å². The molecule has 1 aromatic heterocycles. The number of benzene rings is 1. The number of hydrogen-bond donors (Lipinski definition) is 1. The number of aromatic nitrogens is 2. The lowest BCUT2D eigenvalue weighted by Gasteiger charge is -2.38. The zero-order chi connectivity index (χ0) is 18.6.